The maximum Gasteiger partial charge on any atom is 0.374 e. The molecule has 108 valence electrons. The lowest BCUT2D eigenvalue weighted by atomic mass is 10.3. The smallest absolute Gasteiger partial charge is 0.352 e. The summed E-state index contributed by atoms with van der Waals surface area (Å²) in [7, 11) is -4.01. The molecule has 1 atom stereocenters. The van der Waals surface area contributed by atoms with E-state index in [0.717, 1.165) is 0 Å². The monoisotopic (exact) mass is 299 g/mol. The van der Waals surface area contributed by atoms with Crippen molar-refractivity contribution in [2.45, 2.75) is 38.7 Å². The number of hydrogen-bond acceptors (Lipinski definition) is 6. The van der Waals surface area contributed by atoms with Gasteiger partial charge in [-0.15, -0.1) is 0 Å². The third-order valence-corrected chi connectivity index (χ3v) is 6.27. The van der Waals surface area contributed by atoms with Crippen molar-refractivity contribution in [1.29, 1.82) is 0 Å². The van der Waals surface area contributed by atoms with E-state index in [-0.39, 0.29) is 26.2 Å². The van der Waals surface area contributed by atoms with Gasteiger partial charge in [-0.2, -0.15) is 0 Å². The maximum atomic E-state index is 12.7. The molecule has 0 fully saturated rings. The minimum absolute atomic E-state index is 0.199. The van der Waals surface area contributed by atoms with Crippen molar-refractivity contribution in [3.05, 3.63) is 0 Å². The van der Waals surface area contributed by atoms with Gasteiger partial charge in [-0.3, -0.25) is 9.13 Å². The Balaban J connectivity index is 5.30. The average Bonchev–Trinajstić information content (AvgIpc) is 2.35. The van der Waals surface area contributed by atoms with Gasteiger partial charge in [0.05, 0.1) is 13.2 Å². The molecule has 0 aliphatic rings. The fourth-order valence-electron chi connectivity index (χ4n) is 1.55. The van der Waals surface area contributed by atoms with E-state index in [1.165, 1.54) is 0 Å². The zero-order valence-corrected chi connectivity index (χ0v) is 13.0. The minimum Gasteiger partial charge on any atom is -0.352 e. The van der Waals surface area contributed by atoms with Gasteiger partial charge in [0, 0.05) is 13.0 Å². The summed E-state index contributed by atoms with van der Waals surface area (Å²) in [5.74, 6) is 0. The molecule has 0 rings (SSSR count). The molecule has 0 heterocycles. The Morgan fingerprint density at radius 1 is 1.17 bits per heavy atom. The number of rotatable bonds is 11. The molecule has 6 nitrogen and oxygen atoms in total. The third kappa shape index (κ3) is 4.37. The highest BCUT2D eigenvalue weighted by Gasteiger charge is 2.53. The average molecular weight is 299 g/mol. The SMILES string of the molecule is CCOC(CCCN)(P=O)P(=O)(OCC)OCC. The minimum atomic E-state index is -3.61. The van der Waals surface area contributed by atoms with Crippen LogP contribution >= 0.6 is 16.1 Å². The van der Waals surface area contributed by atoms with E-state index in [4.69, 9.17) is 19.5 Å². The lowest BCUT2D eigenvalue weighted by Crippen LogP contribution is -2.29. The Labute approximate surface area is 110 Å². The van der Waals surface area contributed by atoms with E-state index < -0.39 is 21.1 Å². The van der Waals surface area contributed by atoms with E-state index in [2.05, 4.69) is 0 Å². The molecule has 18 heavy (non-hydrogen) atoms. The second-order valence-electron chi connectivity index (χ2n) is 3.49. The molecule has 0 aliphatic carbocycles. The van der Waals surface area contributed by atoms with E-state index in [1.807, 2.05) is 0 Å². The zero-order chi connectivity index (χ0) is 14.1. The fraction of sp³-hybridized carbons (Fsp3) is 1.00. The van der Waals surface area contributed by atoms with E-state index in [9.17, 15) is 9.13 Å². The summed E-state index contributed by atoms with van der Waals surface area (Å²) in [6, 6.07) is 0. The van der Waals surface area contributed by atoms with Crippen LogP contribution in [-0.4, -0.2) is 31.4 Å². The van der Waals surface area contributed by atoms with Crippen molar-refractivity contribution in [3.63, 3.8) is 0 Å². The first-order valence-electron chi connectivity index (χ1n) is 6.13. The summed E-state index contributed by atoms with van der Waals surface area (Å²) in [6.45, 7) is 6.20. The highest BCUT2D eigenvalue weighted by molar-refractivity contribution is 7.64. The van der Waals surface area contributed by atoms with Gasteiger partial charge in [-0.1, -0.05) is 0 Å². The quantitative estimate of drug-likeness (QED) is 0.590. The van der Waals surface area contributed by atoms with Gasteiger partial charge in [-0.25, -0.2) is 0 Å². The van der Waals surface area contributed by atoms with Crippen LogP contribution in [0.2, 0.25) is 0 Å². The summed E-state index contributed by atoms with van der Waals surface area (Å²) < 4.78 is 40.2. The van der Waals surface area contributed by atoms with Gasteiger partial charge in [0.15, 0.2) is 0 Å². The van der Waals surface area contributed by atoms with Crippen LogP contribution in [0.5, 0.6) is 0 Å². The summed E-state index contributed by atoms with van der Waals surface area (Å²) in [6.07, 6.45) is 0.791. The number of hydrogen-bond donors (Lipinski definition) is 1. The maximum absolute atomic E-state index is 12.7. The molecule has 0 bridgehead atoms. The standard InChI is InChI=1S/C10H23NO5P2/c1-4-14-10(17-12,8-7-9-11)18(13,15-5-2)16-6-3/h4-9,11H2,1-3H3. The topological polar surface area (TPSA) is 87.9 Å². The molecule has 2 N–H and O–H groups in total. The molecular weight excluding hydrogens is 276 g/mol. The third-order valence-electron chi connectivity index (χ3n) is 2.25. The van der Waals surface area contributed by atoms with Crippen LogP contribution in [0, 0.1) is 0 Å². The van der Waals surface area contributed by atoms with Crippen LogP contribution in [0.1, 0.15) is 33.6 Å². The van der Waals surface area contributed by atoms with Crippen LogP contribution in [0.4, 0.5) is 0 Å². The van der Waals surface area contributed by atoms with Crippen LogP contribution in [0.3, 0.4) is 0 Å². The van der Waals surface area contributed by atoms with Gasteiger partial charge in [0.1, 0.15) is 0 Å². The molecular formula is C10H23NO5P2. The fourth-order valence-corrected chi connectivity index (χ4v) is 4.61. The summed E-state index contributed by atoms with van der Waals surface area (Å²) in [4.78, 5) is 0. The normalized spacial score (nSPS) is 15.8. The second-order valence-corrected chi connectivity index (χ2v) is 6.98. The van der Waals surface area contributed by atoms with Crippen LogP contribution in [-0.2, 0) is 22.9 Å². The molecule has 1 unspecified atom stereocenters. The molecule has 0 radical (unpaired) electrons. The lowest BCUT2D eigenvalue weighted by molar-refractivity contribution is 0.0462. The Bertz CT molecular complexity index is 279. The molecule has 0 saturated heterocycles. The van der Waals surface area contributed by atoms with Crippen molar-refractivity contribution in [1.82, 2.24) is 0 Å². The van der Waals surface area contributed by atoms with Crippen molar-refractivity contribution in [2.24, 2.45) is 5.73 Å². The molecule has 8 heteroatoms. The summed E-state index contributed by atoms with van der Waals surface area (Å²) in [5, 5.41) is -1.45. The largest absolute Gasteiger partial charge is 0.374 e. The van der Waals surface area contributed by atoms with Crippen molar-refractivity contribution >= 4 is 16.1 Å². The van der Waals surface area contributed by atoms with Crippen molar-refractivity contribution in [3.8, 4) is 0 Å². The van der Waals surface area contributed by atoms with E-state index in [1.54, 1.807) is 20.8 Å². The predicted octanol–water partition coefficient (Wildman–Crippen LogP) is 2.97. The van der Waals surface area contributed by atoms with Gasteiger partial charge in [0.25, 0.3) is 0 Å². The molecule has 0 aromatic carbocycles. The first-order chi connectivity index (χ1) is 8.55. The Kier molecular flexibility index (Phi) is 9.22. The molecule has 0 aromatic rings. The van der Waals surface area contributed by atoms with Crippen LogP contribution < -0.4 is 5.73 Å². The van der Waals surface area contributed by atoms with Crippen LogP contribution in [0.15, 0.2) is 0 Å². The predicted molar refractivity (Wildman–Crippen MR) is 71.1 cm³/mol. The Morgan fingerprint density at radius 3 is 2.06 bits per heavy atom. The highest BCUT2D eigenvalue weighted by Crippen LogP contribution is 2.66. The first kappa shape index (κ1) is 18.2. The number of ether oxygens (including phenoxy) is 1. The van der Waals surface area contributed by atoms with E-state index in [0.29, 0.717) is 13.0 Å². The van der Waals surface area contributed by atoms with Crippen molar-refractivity contribution < 1.29 is 22.9 Å². The molecule has 0 saturated carbocycles. The first-order valence-corrected chi connectivity index (χ1v) is 8.49. The Morgan fingerprint density at radius 2 is 1.72 bits per heavy atom. The molecule has 0 aliphatic heterocycles. The number of nitrogens with two attached hydrogens (primary N) is 1. The summed E-state index contributed by atoms with van der Waals surface area (Å²) >= 11 is 0. The highest BCUT2D eigenvalue weighted by atomic mass is 31.2. The molecule has 0 amide bonds. The van der Waals surface area contributed by atoms with Gasteiger partial charge in [0.2, 0.25) is 13.5 Å². The Hall–Kier alpha value is 0.170. The van der Waals surface area contributed by atoms with Crippen LogP contribution in [0.25, 0.3) is 0 Å². The molecule has 0 aromatic heterocycles. The zero-order valence-electron chi connectivity index (χ0n) is 11.3. The second kappa shape index (κ2) is 9.13. The van der Waals surface area contributed by atoms with Crippen molar-refractivity contribution in [2.75, 3.05) is 26.4 Å². The van der Waals surface area contributed by atoms with Gasteiger partial charge < -0.3 is 19.5 Å². The van der Waals surface area contributed by atoms with Gasteiger partial charge >= 0.3 is 7.60 Å². The lowest BCUT2D eigenvalue weighted by Gasteiger charge is -2.33. The van der Waals surface area contributed by atoms with E-state index >= 15 is 0 Å². The molecule has 0 spiro atoms. The van der Waals surface area contributed by atoms with Gasteiger partial charge in [-0.05, 0) is 33.7 Å². The summed E-state index contributed by atoms with van der Waals surface area (Å²) in [5.41, 5.74) is 5.45.